The number of hydrogen-bond donors (Lipinski definition) is 3. The van der Waals surface area contributed by atoms with Gasteiger partial charge in [-0.15, -0.1) is 0 Å². The summed E-state index contributed by atoms with van der Waals surface area (Å²) in [6.07, 6.45) is 0.636. The van der Waals surface area contributed by atoms with E-state index in [-0.39, 0.29) is 3.79 Å². The van der Waals surface area contributed by atoms with Crippen molar-refractivity contribution in [3.63, 3.8) is 0 Å². The van der Waals surface area contributed by atoms with Gasteiger partial charge in [0.25, 0.3) is 0 Å². The van der Waals surface area contributed by atoms with Gasteiger partial charge in [0.15, 0.2) is 3.79 Å². The summed E-state index contributed by atoms with van der Waals surface area (Å²) in [5.41, 5.74) is 2.99. The number of carbonyl (C=O) groups excluding carboxylic acids is 1. The van der Waals surface area contributed by atoms with Crippen molar-refractivity contribution in [2.24, 2.45) is 0 Å². The van der Waals surface area contributed by atoms with Crippen LogP contribution in [0.4, 0.5) is 0 Å². The quantitative estimate of drug-likeness (QED) is 0.150. The van der Waals surface area contributed by atoms with Crippen molar-refractivity contribution in [3.8, 4) is 0 Å². The number of nitrogens with zero attached hydrogens (tertiary/aromatic N) is 1. The maximum atomic E-state index is 10.7. The van der Waals surface area contributed by atoms with Crippen molar-refractivity contribution in [1.29, 1.82) is 0 Å². The zero-order chi connectivity index (χ0) is 11.5. The summed E-state index contributed by atoms with van der Waals surface area (Å²) >= 11 is 3.89. The minimum atomic E-state index is 0.227. The van der Waals surface area contributed by atoms with Gasteiger partial charge in [0.1, 0.15) is 0 Å². The fourth-order valence-electron chi connectivity index (χ4n) is 0.984. The minimum absolute atomic E-state index is 0.227. The molecule has 90 valence electrons. The lowest BCUT2D eigenvalue weighted by Crippen LogP contribution is -2.35. The van der Waals surface area contributed by atoms with E-state index >= 15 is 0 Å². The van der Waals surface area contributed by atoms with Crippen molar-refractivity contribution in [3.05, 3.63) is 0 Å². The van der Waals surface area contributed by atoms with Gasteiger partial charge >= 0.3 is 0 Å². The molecule has 0 aliphatic carbocycles. The van der Waals surface area contributed by atoms with E-state index < -0.39 is 0 Å². The van der Waals surface area contributed by atoms with E-state index in [1.165, 1.54) is 0 Å². The largest absolute Gasteiger partial charge is 0.314 e. The van der Waals surface area contributed by atoms with Crippen LogP contribution in [0.5, 0.6) is 0 Å². The van der Waals surface area contributed by atoms with Crippen molar-refractivity contribution in [2.45, 2.75) is 6.42 Å². The number of halogens is 2. The fraction of sp³-hybridized carbons (Fsp3) is 0.875. The Balaban J connectivity index is 3.16. The van der Waals surface area contributed by atoms with Gasteiger partial charge in [-0.1, -0.05) is 0 Å². The second-order valence-electron chi connectivity index (χ2n) is 3.18. The second kappa shape index (κ2) is 11.5. The van der Waals surface area contributed by atoms with E-state index in [2.05, 4.69) is 19.3 Å². The van der Waals surface area contributed by atoms with E-state index in [9.17, 15) is 4.79 Å². The molecule has 0 rings (SSSR count). The third kappa shape index (κ3) is 12.9. The molecule has 0 aromatic carbocycles. The molecular formula is C8H18I2N4O. The average Bonchev–Trinajstić information content (AvgIpc) is 2.20. The van der Waals surface area contributed by atoms with E-state index in [1.807, 2.05) is 52.5 Å². The summed E-state index contributed by atoms with van der Waals surface area (Å²) < 4.78 is 3.06. The molecule has 0 amide bonds. The molecule has 3 N–H and O–H groups in total. The average molecular weight is 440 g/mol. The molecule has 0 aromatic heterocycles. The van der Waals surface area contributed by atoms with Gasteiger partial charge in [-0.05, 0) is 29.6 Å². The molecule has 0 aromatic rings. The molecule has 0 radical (unpaired) electrons. The third-order valence-corrected chi connectivity index (χ3v) is 2.77. The molecule has 0 heterocycles. The molecule has 7 heteroatoms. The normalized spacial score (nSPS) is 10.9. The molecule has 0 fully saturated rings. The van der Waals surface area contributed by atoms with Gasteiger partial charge < -0.3 is 10.2 Å². The first-order valence-corrected chi connectivity index (χ1v) is 6.98. The van der Waals surface area contributed by atoms with Crippen molar-refractivity contribution < 1.29 is 4.79 Å². The highest BCUT2D eigenvalue weighted by Gasteiger charge is 2.00. The zero-order valence-electron chi connectivity index (χ0n) is 8.85. The maximum Gasteiger partial charge on any atom is 0.193 e. The second-order valence-corrected chi connectivity index (χ2v) is 4.92. The highest BCUT2D eigenvalue weighted by atomic mass is 127. The van der Waals surface area contributed by atoms with Gasteiger partial charge in [0.2, 0.25) is 0 Å². The summed E-state index contributed by atoms with van der Waals surface area (Å²) in [6.45, 7) is 4.61. The monoisotopic (exact) mass is 440 g/mol. The lowest BCUT2D eigenvalue weighted by Gasteiger charge is -2.15. The molecular weight excluding hydrogens is 422 g/mol. The van der Waals surface area contributed by atoms with Crippen molar-refractivity contribution in [1.82, 2.24) is 19.3 Å². The first-order valence-electron chi connectivity index (χ1n) is 4.83. The minimum Gasteiger partial charge on any atom is -0.314 e. The Hall–Kier alpha value is 0.970. The first kappa shape index (κ1) is 16.0. The van der Waals surface area contributed by atoms with E-state index in [4.69, 9.17) is 0 Å². The Morgan fingerprint density at radius 2 is 2.00 bits per heavy atom. The first-order chi connectivity index (χ1) is 7.16. The third-order valence-electron chi connectivity index (χ3n) is 1.85. The highest BCUT2D eigenvalue weighted by Crippen LogP contribution is 1.94. The summed E-state index contributed by atoms with van der Waals surface area (Å²) in [7, 11) is 2.03. The lowest BCUT2D eigenvalue weighted by molar-refractivity contribution is -0.109. The van der Waals surface area contributed by atoms with E-state index in [1.54, 1.807) is 0 Å². The predicted molar refractivity (Wildman–Crippen MR) is 79.2 cm³/mol. The molecule has 0 atom stereocenters. The number of likely N-dealkylation sites (N-methyl/N-ethyl adjacent to an activating group) is 1. The van der Waals surface area contributed by atoms with Crippen LogP contribution in [0.15, 0.2) is 0 Å². The fourth-order valence-corrected chi connectivity index (χ4v) is 1.49. The van der Waals surface area contributed by atoms with Gasteiger partial charge in [-0.2, -0.15) is 3.64 Å². The number of nitrogens with one attached hydrogen (secondary N) is 3. The van der Waals surface area contributed by atoms with Crippen LogP contribution in [0, 0.1) is 0 Å². The lowest BCUT2D eigenvalue weighted by atomic mass is 10.4. The summed E-state index contributed by atoms with van der Waals surface area (Å²) in [5.74, 6) is 0. The summed E-state index contributed by atoms with van der Waals surface area (Å²) in [4.78, 5) is 12.9. The van der Waals surface area contributed by atoms with Gasteiger partial charge in [0, 0.05) is 62.0 Å². The van der Waals surface area contributed by atoms with Crippen molar-refractivity contribution in [2.75, 3.05) is 39.8 Å². The van der Waals surface area contributed by atoms with Crippen LogP contribution >= 0.6 is 45.5 Å². The maximum absolute atomic E-state index is 10.7. The van der Waals surface area contributed by atoms with Crippen molar-refractivity contribution >= 4 is 49.2 Å². The van der Waals surface area contributed by atoms with Crippen LogP contribution < -0.4 is 14.4 Å². The summed E-state index contributed by atoms with van der Waals surface area (Å²) in [5, 5.41) is 3.30. The Kier molecular flexibility index (Phi) is 12.2. The van der Waals surface area contributed by atoms with Crippen LogP contribution in [0.3, 0.4) is 0 Å². The molecule has 0 aliphatic heterocycles. The highest BCUT2D eigenvalue weighted by molar-refractivity contribution is 14.1. The van der Waals surface area contributed by atoms with Gasteiger partial charge in [-0.25, -0.2) is 5.43 Å². The molecule has 0 saturated carbocycles. The number of carbonyl (C=O) groups is 1. The molecule has 15 heavy (non-hydrogen) atoms. The zero-order valence-corrected chi connectivity index (χ0v) is 13.2. The Morgan fingerprint density at radius 1 is 1.27 bits per heavy atom. The Bertz CT molecular complexity index is 171. The van der Waals surface area contributed by atoms with Crippen LogP contribution in [-0.4, -0.2) is 48.5 Å². The number of hydrazine groups is 1. The topological polar surface area (TPSA) is 56.4 Å². The smallest absolute Gasteiger partial charge is 0.193 e. The predicted octanol–water partition coefficient (Wildman–Crippen LogP) is 0.304. The number of hydrogen-bond acceptors (Lipinski definition) is 5. The SMILES string of the molecule is CN(CCNCCNNI)CCC(=O)I. The standard InChI is InChI=1S/C8H18I2N4O/c1-14(6-2-8(9)15)7-5-11-3-4-12-13-10/h11-13H,2-7H2,1H3. The molecule has 0 bridgehead atoms. The molecule has 0 unspecified atom stereocenters. The Labute approximate surface area is 119 Å². The van der Waals surface area contributed by atoms with Crippen LogP contribution in [0.2, 0.25) is 0 Å². The van der Waals surface area contributed by atoms with E-state index in [0.29, 0.717) is 6.42 Å². The number of rotatable bonds is 10. The molecule has 0 aliphatic rings. The molecule has 0 saturated heterocycles. The molecule has 5 nitrogen and oxygen atoms in total. The molecule has 0 spiro atoms. The van der Waals surface area contributed by atoms with Gasteiger partial charge in [0.05, 0.1) is 0 Å². The van der Waals surface area contributed by atoms with Crippen LogP contribution in [-0.2, 0) is 4.79 Å². The van der Waals surface area contributed by atoms with Crippen LogP contribution in [0.1, 0.15) is 6.42 Å². The Morgan fingerprint density at radius 3 is 2.60 bits per heavy atom. The van der Waals surface area contributed by atoms with E-state index in [0.717, 1.165) is 32.7 Å². The van der Waals surface area contributed by atoms with Gasteiger partial charge in [-0.3, -0.25) is 4.79 Å². The summed E-state index contributed by atoms with van der Waals surface area (Å²) in [6, 6.07) is 0. The van der Waals surface area contributed by atoms with Crippen LogP contribution in [0.25, 0.3) is 0 Å².